The van der Waals surface area contributed by atoms with Crippen LogP contribution in [-0.2, 0) is 16.1 Å². The van der Waals surface area contributed by atoms with E-state index in [1.807, 2.05) is 55.5 Å². The van der Waals surface area contributed by atoms with Gasteiger partial charge in [-0.2, -0.15) is 0 Å². The zero-order valence-corrected chi connectivity index (χ0v) is 17.2. The van der Waals surface area contributed by atoms with Gasteiger partial charge in [0.1, 0.15) is 6.04 Å². The summed E-state index contributed by atoms with van der Waals surface area (Å²) < 4.78 is 0. The molecule has 2 atom stereocenters. The van der Waals surface area contributed by atoms with Crippen LogP contribution in [0.25, 0.3) is 0 Å². The van der Waals surface area contributed by atoms with Gasteiger partial charge in [0.15, 0.2) is 0 Å². The van der Waals surface area contributed by atoms with Gasteiger partial charge in [0.05, 0.1) is 5.41 Å². The van der Waals surface area contributed by atoms with Gasteiger partial charge in [0, 0.05) is 31.7 Å². The predicted octanol–water partition coefficient (Wildman–Crippen LogP) is 2.46. The van der Waals surface area contributed by atoms with Crippen LogP contribution in [0.3, 0.4) is 0 Å². The maximum atomic E-state index is 13.1. The first-order chi connectivity index (χ1) is 14.5. The lowest BCUT2D eigenvalue weighted by molar-refractivity contribution is -0.134. The minimum absolute atomic E-state index is 0.0561. The monoisotopic (exact) mass is 405 g/mol. The number of hydrogen-bond acceptors (Lipinski definition) is 3. The zero-order chi connectivity index (χ0) is 21.1. The van der Waals surface area contributed by atoms with Gasteiger partial charge in [-0.1, -0.05) is 48.5 Å². The molecule has 0 aliphatic carbocycles. The molecule has 1 N–H and O–H groups in total. The summed E-state index contributed by atoms with van der Waals surface area (Å²) in [5.74, 6) is -0.228. The average Bonchev–Trinajstić information content (AvgIpc) is 3.36. The molecule has 2 aliphatic rings. The van der Waals surface area contributed by atoms with Crippen molar-refractivity contribution < 1.29 is 14.4 Å². The lowest BCUT2D eigenvalue weighted by atomic mass is 9.83. The summed E-state index contributed by atoms with van der Waals surface area (Å²) in [5, 5.41) is 2.92. The van der Waals surface area contributed by atoms with Crippen LogP contribution in [0.1, 0.15) is 35.7 Å². The van der Waals surface area contributed by atoms with Crippen molar-refractivity contribution in [3.63, 3.8) is 0 Å². The van der Waals surface area contributed by atoms with E-state index in [1.165, 1.54) is 0 Å². The number of likely N-dealkylation sites (tertiary alicyclic amines) is 1. The summed E-state index contributed by atoms with van der Waals surface area (Å²) in [6.45, 7) is 3.94. The van der Waals surface area contributed by atoms with Crippen molar-refractivity contribution in [2.24, 2.45) is 5.41 Å². The molecule has 2 aromatic rings. The molecule has 2 fully saturated rings. The second-order valence-electron chi connectivity index (χ2n) is 8.19. The SMILES string of the molecule is CCN(Cc1ccccc1)C(=O)[C@@H]1C[C@@]2(CCN(C(=O)c3ccccc3)C2)C(=O)N1. The molecule has 0 bridgehead atoms. The molecule has 2 saturated heterocycles. The maximum absolute atomic E-state index is 13.1. The molecule has 6 heteroatoms. The van der Waals surface area contributed by atoms with Crippen molar-refractivity contribution in [3.05, 3.63) is 71.8 Å². The van der Waals surface area contributed by atoms with Crippen LogP contribution in [0.5, 0.6) is 0 Å². The second-order valence-corrected chi connectivity index (χ2v) is 8.19. The van der Waals surface area contributed by atoms with Crippen molar-refractivity contribution in [2.45, 2.75) is 32.4 Å². The third-order valence-electron chi connectivity index (χ3n) is 6.25. The fourth-order valence-corrected chi connectivity index (χ4v) is 4.53. The van der Waals surface area contributed by atoms with Gasteiger partial charge in [-0.15, -0.1) is 0 Å². The van der Waals surface area contributed by atoms with Crippen molar-refractivity contribution in [1.82, 2.24) is 15.1 Å². The molecule has 3 amide bonds. The molecule has 0 saturated carbocycles. The topological polar surface area (TPSA) is 69.7 Å². The molecule has 0 unspecified atom stereocenters. The highest BCUT2D eigenvalue weighted by atomic mass is 16.2. The molecular weight excluding hydrogens is 378 g/mol. The van der Waals surface area contributed by atoms with E-state index in [4.69, 9.17) is 0 Å². The van der Waals surface area contributed by atoms with Gasteiger partial charge in [-0.25, -0.2) is 0 Å². The first kappa shape index (κ1) is 20.1. The highest BCUT2D eigenvalue weighted by Gasteiger charge is 2.53. The van der Waals surface area contributed by atoms with Crippen molar-refractivity contribution in [2.75, 3.05) is 19.6 Å². The number of nitrogens with zero attached hydrogens (tertiary/aromatic N) is 2. The van der Waals surface area contributed by atoms with Crippen LogP contribution in [-0.4, -0.2) is 53.2 Å². The highest BCUT2D eigenvalue weighted by Crippen LogP contribution is 2.40. The Kier molecular flexibility index (Phi) is 5.57. The van der Waals surface area contributed by atoms with Gasteiger partial charge in [-0.3, -0.25) is 14.4 Å². The molecule has 0 radical (unpaired) electrons. The normalized spacial score (nSPS) is 22.9. The number of carbonyl (C=O) groups excluding carboxylic acids is 3. The minimum atomic E-state index is -0.670. The Hall–Kier alpha value is -3.15. The standard InChI is InChI=1S/C24H27N3O3/c1-2-26(16-18-9-5-3-6-10-18)22(29)20-15-24(23(30)25-20)13-14-27(17-24)21(28)19-11-7-4-8-12-19/h3-12,20H,2,13-17H2,1H3,(H,25,30)/t20-,24+/m0/s1. The van der Waals surface area contributed by atoms with Crippen LogP contribution in [0.2, 0.25) is 0 Å². The number of amides is 3. The van der Waals surface area contributed by atoms with E-state index in [0.29, 0.717) is 44.6 Å². The van der Waals surface area contributed by atoms with E-state index in [2.05, 4.69) is 5.32 Å². The van der Waals surface area contributed by atoms with Gasteiger partial charge in [0.2, 0.25) is 11.8 Å². The third-order valence-corrected chi connectivity index (χ3v) is 6.25. The van der Waals surface area contributed by atoms with E-state index in [-0.39, 0.29) is 17.7 Å². The summed E-state index contributed by atoms with van der Waals surface area (Å²) in [6, 6.07) is 18.4. The molecule has 4 rings (SSSR count). The molecular formula is C24H27N3O3. The molecule has 1 spiro atoms. The summed E-state index contributed by atoms with van der Waals surface area (Å²) in [4.78, 5) is 42.3. The summed E-state index contributed by atoms with van der Waals surface area (Å²) in [6.07, 6.45) is 1.03. The molecule has 2 heterocycles. The lowest BCUT2D eigenvalue weighted by Gasteiger charge is -2.25. The summed E-state index contributed by atoms with van der Waals surface area (Å²) in [7, 11) is 0. The van der Waals surface area contributed by atoms with Crippen LogP contribution in [0, 0.1) is 5.41 Å². The van der Waals surface area contributed by atoms with Crippen molar-refractivity contribution in [3.8, 4) is 0 Å². The largest absolute Gasteiger partial charge is 0.344 e. The van der Waals surface area contributed by atoms with Crippen molar-refractivity contribution >= 4 is 17.7 Å². The Morgan fingerprint density at radius 1 is 1.10 bits per heavy atom. The molecule has 2 aliphatic heterocycles. The Bertz CT molecular complexity index is 931. The van der Waals surface area contributed by atoms with E-state index < -0.39 is 11.5 Å². The molecule has 30 heavy (non-hydrogen) atoms. The van der Waals surface area contributed by atoms with Crippen LogP contribution < -0.4 is 5.32 Å². The van der Waals surface area contributed by atoms with Crippen LogP contribution in [0.4, 0.5) is 0 Å². The van der Waals surface area contributed by atoms with Crippen LogP contribution in [0.15, 0.2) is 60.7 Å². The first-order valence-corrected chi connectivity index (χ1v) is 10.5. The Morgan fingerprint density at radius 3 is 2.43 bits per heavy atom. The number of rotatable bonds is 5. The first-order valence-electron chi connectivity index (χ1n) is 10.5. The number of benzene rings is 2. The maximum Gasteiger partial charge on any atom is 0.253 e. The van der Waals surface area contributed by atoms with Gasteiger partial charge in [-0.05, 0) is 37.5 Å². The number of carbonyl (C=O) groups is 3. The number of likely N-dealkylation sites (N-methyl/N-ethyl adjacent to an activating group) is 1. The zero-order valence-electron chi connectivity index (χ0n) is 17.2. The average molecular weight is 405 g/mol. The second kappa shape index (κ2) is 8.30. The van der Waals surface area contributed by atoms with Crippen LogP contribution >= 0.6 is 0 Å². The third kappa shape index (κ3) is 3.82. The minimum Gasteiger partial charge on any atom is -0.344 e. The predicted molar refractivity (Wildman–Crippen MR) is 113 cm³/mol. The number of nitrogens with one attached hydrogen (secondary N) is 1. The molecule has 2 aromatic carbocycles. The van der Waals surface area contributed by atoms with E-state index in [0.717, 1.165) is 5.56 Å². The fourth-order valence-electron chi connectivity index (χ4n) is 4.53. The molecule has 6 nitrogen and oxygen atoms in total. The fraction of sp³-hybridized carbons (Fsp3) is 0.375. The van der Waals surface area contributed by atoms with Gasteiger partial charge < -0.3 is 15.1 Å². The van der Waals surface area contributed by atoms with E-state index in [1.54, 1.807) is 21.9 Å². The Balaban J connectivity index is 1.43. The van der Waals surface area contributed by atoms with E-state index in [9.17, 15) is 14.4 Å². The van der Waals surface area contributed by atoms with E-state index >= 15 is 0 Å². The number of hydrogen-bond donors (Lipinski definition) is 1. The Labute approximate surface area is 176 Å². The van der Waals surface area contributed by atoms with Gasteiger partial charge >= 0.3 is 0 Å². The Morgan fingerprint density at radius 2 is 1.77 bits per heavy atom. The van der Waals surface area contributed by atoms with Gasteiger partial charge in [0.25, 0.3) is 5.91 Å². The quantitative estimate of drug-likeness (QED) is 0.831. The summed E-state index contributed by atoms with van der Waals surface area (Å²) in [5.41, 5.74) is 1.02. The highest BCUT2D eigenvalue weighted by molar-refractivity contribution is 5.97. The van der Waals surface area contributed by atoms with Crippen molar-refractivity contribution in [1.29, 1.82) is 0 Å². The molecule has 0 aromatic heterocycles. The summed E-state index contributed by atoms with van der Waals surface area (Å²) >= 11 is 0. The molecule has 156 valence electrons. The lowest BCUT2D eigenvalue weighted by Crippen LogP contribution is -2.44. The smallest absolute Gasteiger partial charge is 0.253 e.